The van der Waals surface area contributed by atoms with Crippen LogP contribution in [0.15, 0.2) is 23.2 Å². The molecule has 0 unspecified atom stereocenters. The number of carbonyl (C=O) groups is 1. The first-order chi connectivity index (χ1) is 9.24. The van der Waals surface area contributed by atoms with E-state index in [9.17, 15) is 4.79 Å². The summed E-state index contributed by atoms with van der Waals surface area (Å²) in [6, 6.07) is 3.82. The number of hydrogen-bond donors (Lipinski definition) is 1. The fourth-order valence-corrected chi connectivity index (χ4v) is 3.49. The van der Waals surface area contributed by atoms with E-state index in [0.717, 1.165) is 25.1 Å². The highest BCUT2D eigenvalue weighted by Gasteiger charge is 2.34. The Balaban J connectivity index is 1.73. The number of thioether (sulfide) groups is 1. The maximum absolute atomic E-state index is 12.3. The second-order valence-electron chi connectivity index (χ2n) is 4.55. The maximum Gasteiger partial charge on any atom is 0.266 e. The van der Waals surface area contributed by atoms with Crippen molar-refractivity contribution in [2.45, 2.75) is 18.9 Å². The lowest BCUT2D eigenvalue weighted by Gasteiger charge is -2.18. The lowest BCUT2D eigenvalue weighted by Crippen LogP contribution is -2.35. The summed E-state index contributed by atoms with van der Waals surface area (Å²) < 4.78 is 6.19. The van der Waals surface area contributed by atoms with Crippen LogP contribution in [0.4, 0.5) is 0 Å². The number of ether oxygens (including phenoxy) is 1. The molecule has 6 heteroatoms. The molecule has 2 aliphatic heterocycles. The van der Waals surface area contributed by atoms with E-state index < -0.39 is 0 Å². The second-order valence-corrected chi connectivity index (χ2v) is 6.23. The van der Waals surface area contributed by atoms with Crippen LogP contribution >= 0.6 is 24.0 Å². The zero-order valence-corrected chi connectivity index (χ0v) is 11.9. The van der Waals surface area contributed by atoms with Gasteiger partial charge in [-0.1, -0.05) is 24.0 Å². The zero-order chi connectivity index (χ0) is 13.2. The zero-order valence-electron chi connectivity index (χ0n) is 10.3. The minimum absolute atomic E-state index is 0.0138. The molecule has 1 aromatic rings. The third-order valence-electron chi connectivity index (χ3n) is 3.19. The minimum Gasteiger partial charge on any atom is -0.376 e. The molecule has 3 rings (SSSR count). The SMILES string of the molecule is O=C1/C(=C/c2ccc[nH]2)SC(=S)N1C[C@@H]1CCCO1. The number of carbonyl (C=O) groups excluding carboxylic acids is 1. The van der Waals surface area contributed by atoms with Gasteiger partial charge in [0.25, 0.3) is 5.91 Å². The fourth-order valence-electron chi connectivity index (χ4n) is 2.22. The van der Waals surface area contributed by atoms with Crippen LogP contribution in [0.2, 0.25) is 0 Å². The molecule has 3 heterocycles. The Bertz CT molecular complexity index is 519. The molecule has 1 aromatic heterocycles. The van der Waals surface area contributed by atoms with E-state index in [1.54, 1.807) is 4.90 Å². The molecule has 2 fully saturated rings. The summed E-state index contributed by atoms with van der Waals surface area (Å²) in [4.78, 5) is 17.7. The van der Waals surface area contributed by atoms with Crippen LogP contribution in [0.3, 0.4) is 0 Å². The maximum atomic E-state index is 12.3. The lowest BCUT2D eigenvalue weighted by atomic mass is 10.2. The van der Waals surface area contributed by atoms with E-state index in [4.69, 9.17) is 17.0 Å². The Morgan fingerprint density at radius 3 is 3.21 bits per heavy atom. The van der Waals surface area contributed by atoms with Gasteiger partial charge >= 0.3 is 0 Å². The Kier molecular flexibility index (Phi) is 3.72. The van der Waals surface area contributed by atoms with Crippen molar-refractivity contribution in [3.8, 4) is 0 Å². The molecule has 1 N–H and O–H groups in total. The number of aromatic amines is 1. The van der Waals surface area contributed by atoms with Crippen molar-refractivity contribution in [1.29, 1.82) is 0 Å². The van der Waals surface area contributed by atoms with Crippen LogP contribution < -0.4 is 0 Å². The largest absolute Gasteiger partial charge is 0.376 e. The van der Waals surface area contributed by atoms with Gasteiger partial charge in [-0.3, -0.25) is 9.69 Å². The van der Waals surface area contributed by atoms with Gasteiger partial charge in [0.2, 0.25) is 0 Å². The molecule has 0 radical (unpaired) electrons. The van der Waals surface area contributed by atoms with Crippen LogP contribution in [0.5, 0.6) is 0 Å². The van der Waals surface area contributed by atoms with E-state index in [0.29, 0.717) is 15.8 Å². The first-order valence-corrected chi connectivity index (χ1v) is 7.47. The highest BCUT2D eigenvalue weighted by molar-refractivity contribution is 8.26. The molecule has 0 bridgehead atoms. The third-order valence-corrected chi connectivity index (χ3v) is 4.57. The summed E-state index contributed by atoms with van der Waals surface area (Å²) in [5, 5.41) is 0. The second kappa shape index (κ2) is 5.48. The smallest absolute Gasteiger partial charge is 0.266 e. The van der Waals surface area contributed by atoms with Crippen molar-refractivity contribution in [2.75, 3.05) is 13.2 Å². The van der Waals surface area contributed by atoms with E-state index in [-0.39, 0.29) is 12.0 Å². The molecule has 0 saturated carbocycles. The van der Waals surface area contributed by atoms with Crippen molar-refractivity contribution in [3.05, 3.63) is 28.9 Å². The molecule has 2 aliphatic rings. The van der Waals surface area contributed by atoms with E-state index in [1.165, 1.54) is 11.8 Å². The van der Waals surface area contributed by atoms with Crippen LogP contribution in [0.1, 0.15) is 18.5 Å². The van der Waals surface area contributed by atoms with Gasteiger partial charge in [0.1, 0.15) is 4.32 Å². The normalized spacial score (nSPS) is 25.8. The van der Waals surface area contributed by atoms with E-state index in [1.807, 2.05) is 24.4 Å². The first kappa shape index (κ1) is 12.9. The molecule has 4 nitrogen and oxygen atoms in total. The molecule has 0 aromatic carbocycles. The summed E-state index contributed by atoms with van der Waals surface area (Å²) in [5.41, 5.74) is 0.914. The van der Waals surface area contributed by atoms with Gasteiger partial charge in [0, 0.05) is 18.5 Å². The lowest BCUT2D eigenvalue weighted by molar-refractivity contribution is -0.123. The van der Waals surface area contributed by atoms with E-state index >= 15 is 0 Å². The average Bonchev–Trinajstić information content (AvgIpc) is 3.10. The summed E-state index contributed by atoms with van der Waals surface area (Å²) in [6.45, 7) is 1.37. The Hall–Kier alpha value is -1.11. The van der Waals surface area contributed by atoms with Crippen LogP contribution in [0, 0.1) is 0 Å². The summed E-state index contributed by atoms with van der Waals surface area (Å²) in [5.74, 6) is -0.0138. The van der Waals surface area contributed by atoms with Crippen molar-refractivity contribution in [1.82, 2.24) is 9.88 Å². The van der Waals surface area contributed by atoms with Gasteiger partial charge in [0.05, 0.1) is 17.6 Å². The number of thiocarbonyl (C=S) groups is 1. The predicted molar refractivity (Wildman–Crippen MR) is 79.6 cm³/mol. The van der Waals surface area contributed by atoms with Gasteiger partial charge in [-0.05, 0) is 31.1 Å². The number of amides is 1. The van der Waals surface area contributed by atoms with Crippen molar-refractivity contribution in [3.63, 3.8) is 0 Å². The quantitative estimate of drug-likeness (QED) is 0.687. The number of nitrogens with one attached hydrogen (secondary N) is 1. The molecule has 0 aliphatic carbocycles. The molecular weight excluding hydrogens is 280 g/mol. The van der Waals surface area contributed by atoms with Crippen LogP contribution in [-0.2, 0) is 9.53 Å². The highest BCUT2D eigenvalue weighted by Crippen LogP contribution is 2.33. The van der Waals surface area contributed by atoms with E-state index in [2.05, 4.69) is 4.98 Å². The Morgan fingerprint density at radius 2 is 2.53 bits per heavy atom. The number of hydrogen-bond acceptors (Lipinski definition) is 4. The molecule has 19 heavy (non-hydrogen) atoms. The summed E-state index contributed by atoms with van der Waals surface area (Å²) in [6.07, 6.45) is 5.88. The molecule has 100 valence electrons. The van der Waals surface area contributed by atoms with Crippen molar-refractivity contribution >= 4 is 40.3 Å². The molecule has 0 spiro atoms. The number of H-pyrrole nitrogens is 1. The van der Waals surface area contributed by atoms with Gasteiger partial charge in [0.15, 0.2) is 0 Å². The fraction of sp³-hybridized carbons (Fsp3) is 0.385. The number of nitrogens with zero attached hydrogens (tertiary/aromatic N) is 1. The third kappa shape index (κ3) is 2.75. The van der Waals surface area contributed by atoms with Gasteiger partial charge in [-0.2, -0.15) is 0 Å². The molecule has 1 atom stereocenters. The minimum atomic E-state index is -0.0138. The Morgan fingerprint density at radius 1 is 1.63 bits per heavy atom. The van der Waals surface area contributed by atoms with Crippen LogP contribution in [-0.4, -0.2) is 39.4 Å². The summed E-state index contributed by atoms with van der Waals surface area (Å²) >= 11 is 6.64. The van der Waals surface area contributed by atoms with Gasteiger partial charge < -0.3 is 9.72 Å². The van der Waals surface area contributed by atoms with Crippen molar-refractivity contribution < 1.29 is 9.53 Å². The standard InChI is InChI=1S/C13H14N2O2S2/c16-12-11(7-9-3-1-5-14-9)19-13(18)15(12)8-10-4-2-6-17-10/h1,3,5,7,10,14H,2,4,6,8H2/b11-7-/t10-/m0/s1. The molecular formula is C13H14N2O2S2. The monoisotopic (exact) mass is 294 g/mol. The Labute approximate surface area is 121 Å². The summed E-state index contributed by atoms with van der Waals surface area (Å²) in [7, 11) is 0. The topological polar surface area (TPSA) is 45.3 Å². The van der Waals surface area contributed by atoms with Gasteiger partial charge in [-0.15, -0.1) is 0 Å². The van der Waals surface area contributed by atoms with Crippen LogP contribution in [0.25, 0.3) is 6.08 Å². The van der Waals surface area contributed by atoms with Gasteiger partial charge in [-0.25, -0.2) is 0 Å². The molecule has 1 amide bonds. The average molecular weight is 294 g/mol. The first-order valence-electron chi connectivity index (χ1n) is 6.24. The molecule has 2 saturated heterocycles. The highest BCUT2D eigenvalue weighted by atomic mass is 32.2. The predicted octanol–water partition coefficient (Wildman–Crippen LogP) is 2.39. The van der Waals surface area contributed by atoms with Crippen molar-refractivity contribution in [2.24, 2.45) is 0 Å². The number of rotatable bonds is 3. The number of aromatic nitrogens is 1.